The molecular formula is C48H46. The number of aryl methyl sites for hydroxylation is 4. The molecule has 0 aromatic heterocycles. The van der Waals surface area contributed by atoms with E-state index in [9.17, 15) is 0 Å². The summed E-state index contributed by atoms with van der Waals surface area (Å²) in [6.07, 6.45) is 4.03. The Labute approximate surface area is 288 Å². The van der Waals surface area contributed by atoms with Crippen molar-refractivity contribution in [1.29, 1.82) is 0 Å². The van der Waals surface area contributed by atoms with E-state index in [1.54, 1.807) is 0 Å². The summed E-state index contributed by atoms with van der Waals surface area (Å²) in [6.45, 7) is 19.7. The molecule has 0 heteroatoms. The summed E-state index contributed by atoms with van der Waals surface area (Å²) < 4.78 is 0. The molecule has 0 aliphatic carbocycles. The predicted octanol–water partition coefficient (Wildman–Crippen LogP) is 14.1. The average molecular weight is 623 g/mol. The summed E-state index contributed by atoms with van der Waals surface area (Å²) in [5, 5.41) is 2.38. The maximum absolute atomic E-state index is 4.44. The van der Waals surface area contributed by atoms with Gasteiger partial charge < -0.3 is 0 Å². The van der Waals surface area contributed by atoms with Crippen LogP contribution in [0.2, 0.25) is 0 Å². The van der Waals surface area contributed by atoms with E-state index in [2.05, 4.69) is 175 Å². The van der Waals surface area contributed by atoms with Crippen LogP contribution in [0.25, 0.3) is 67.4 Å². The largest absolute Gasteiger partial charge is 0.0984 e. The Balaban J connectivity index is 0.00000451. The molecule has 0 aliphatic heterocycles. The van der Waals surface area contributed by atoms with Crippen LogP contribution < -0.4 is 0 Å². The molecule has 0 saturated heterocycles. The van der Waals surface area contributed by atoms with E-state index in [0.29, 0.717) is 0 Å². The lowest BCUT2D eigenvalue weighted by Gasteiger charge is -2.20. The summed E-state index contributed by atoms with van der Waals surface area (Å²) in [5.41, 5.74) is 17.5. The van der Waals surface area contributed by atoms with Gasteiger partial charge in [0.2, 0.25) is 0 Å². The Hall–Kier alpha value is -5.46. The van der Waals surface area contributed by atoms with Gasteiger partial charge in [-0.1, -0.05) is 176 Å². The van der Waals surface area contributed by atoms with Crippen molar-refractivity contribution in [3.8, 4) is 44.5 Å². The molecule has 0 aliphatic rings. The zero-order chi connectivity index (χ0) is 33.1. The molecule has 0 bridgehead atoms. The Kier molecular flexibility index (Phi) is 10.3. The first-order valence-electron chi connectivity index (χ1n) is 16.3. The van der Waals surface area contributed by atoms with Crippen LogP contribution in [0.1, 0.15) is 46.4 Å². The highest BCUT2D eigenvalue weighted by atomic mass is 14.2. The van der Waals surface area contributed by atoms with E-state index in [0.717, 1.165) is 38.9 Å². The van der Waals surface area contributed by atoms with Gasteiger partial charge >= 0.3 is 0 Å². The van der Waals surface area contributed by atoms with Gasteiger partial charge in [0.05, 0.1) is 0 Å². The summed E-state index contributed by atoms with van der Waals surface area (Å²) >= 11 is 0. The normalized spacial score (nSPS) is 10.6. The van der Waals surface area contributed by atoms with Crippen LogP contribution >= 0.6 is 0 Å². The predicted molar refractivity (Wildman–Crippen MR) is 214 cm³/mol. The van der Waals surface area contributed by atoms with Crippen molar-refractivity contribution < 1.29 is 0 Å². The standard InChI is InChI=1S/C47H42.CH4/c1-8-40-41(9-2)46(38-26-18-33(5)19-27-38)35(7)47(39-28-20-34(6)21-29-39)43-13-11-10-12-42(43)45(37-24-16-32(4)17-25-37)30-44(40)36-22-14-31(3)15-23-36;/h8-30H,1-2H2,3-7H3;1H4. The van der Waals surface area contributed by atoms with Crippen LogP contribution in [0.4, 0.5) is 0 Å². The smallest absolute Gasteiger partial charge is 0.00695 e. The molecule has 238 valence electrons. The minimum atomic E-state index is 0. The zero-order valence-electron chi connectivity index (χ0n) is 28.2. The molecule has 0 nitrogen and oxygen atoms in total. The Morgan fingerprint density at radius 1 is 0.396 bits per heavy atom. The number of benzene rings is 5. The summed E-state index contributed by atoms with van der Waals surface area (Å²) in [4.78, 5) is 0. The van der Waals surface area contributed by atoms with Crippen molar-refractivity contribution in [1.82, 2.24) is 0 Å². The molecule has 0 amide bonds. The molecule has 6 aromatic rings. The summed E-state index contributed by atoms with van der Waals surface area (Å²) in [5.74, 6) is 0. The van der Waals surface area contributed by atoms with Gasteiger partial charge in [0.15, 0.2) is 0 Å². The molecule has 6 aromatic carbocycles. The Morgan fingerprint density at radius 3 is 1.21 bits per heavy atom. The van der Waals surface area contributed by atoms with Crippen molar-refractivity contribution in [3.05, 3.63) is 179 Å². The average Bonchev–Trinajstić information content (AvgIpc) is 3.08. The van der Waals surface area contributed by atoms with Crippen LogP contribution in [0.5, 0.6) is 0 Å². The molecule has 0 N–H and O–H groups in total. The van der Waals surface area contributed by atoms with E-state index in [4.69, 9.17) is 0 Å². The van der Waals surface area contributed by atoms with Gasteiger partial charge in [0, 0.05) is 0 Å². The maximum Gasteiger partial charge on any atom is -0.00695 e. The molecule has 6 rings (SSSR count). The summed E-state index contributed by atoms with van der Waals surface area (Å²) in [6, 6.07) is 46.8. The van der Waals surface area contributed by atoms with Gasteiger partial charge in [-0.25, -0.2) is 0 Å². The van der Waals surface area contributed by atoms with Gasteiger partial charge in [-0.05, 0) is 113 Å². The van der Waals surface area contributed by atoms with Crippen molar-refractivity contribution in [2.45, 2.75) is 42.0 Å². The minimum absolute atomic E-state index is 0. The zero-order valence-corrected chi connectivity index (χ0v) is 28.2. The molecule has 0 fully saturated rings. The third-order valence-corrected chi connectivity index (χ3v) is 9.19. The second-order valence-corrected chi connectivity index (χ2v) is 12.6. The second kappa shape index (κ2) is 14.5. The topological polar surface area (TPSA) is 0 Å². The molecule has 0 radical (unpaired) electrons. The van der Waals surface area contributed by atoms with E-state index >= 15 is 0 Å². The van der Waals surface area contributed by atoms with Crippen LogP contribution in [0.15, 0.2) is 141 Å². The molecule has 0 saturated carbocycles. The van der Waals surface area contributed by atoms with Gasteiger partial charge in [0.25, 0.3) is 0 Å². The lowest BCUT2D eigenvalue weighted by atomic mass is 9.84. The third-order valence-electron chi connectivity index (χ3n) is 9.19. The quantitative estimate of drug-likeness (QED) is 0.173. The van der Waals surface area contributed by atoms with Crippen molar-refractivity contribution >= 4 is 22.9 Å². The lowest BCUT2D eigenvalue weighted by Crippen LogP contribution is -1.96. The number of hydrogen-bond donors (Lipinski definition) is 0. The molecule has 0 atom stereocenters. The second-order valence-electron chi connectivity index (χ2n) is 12.6. The fourth-order valence-electron chi connectivity index (χ4n) is 6.60. The molecular weight excluding hydrogens is 577 g/mol. The first kappa shape index (κ1) is 33.9. The fraction of sp³-hybridized carbons (Fsp3) is 0.125. The van der Waals surface area contributed by atoms with E-state index in [-0.39, 0.29) is 7.43 Å². The first-order chi connectivity index (χ1) is 22.8. The first-order valence-corrected chi connectivity index (χ1v) is 16.3. The highest BCUT2D eigenvalue weighted by molar-refractivity contribution is 6.06. The van der Waals surface area contributed by atoms with Crippen LogP contribution in [0, 0.1) is 34.6 Å². The van der Waals surface area contributed by atoms with Crippen molar-refractivity contribution in [3.63, 3.8) is 0 Å². The SMILES string of the molecule is C.C=Cc1c(-c2ccc(C)cc2)cc(-c2ccc(C)cc2)c2ccccc2c(-c2ccc(C)cc2)c(C)c(-c2ccc(C)cc2)c1C=C. The molecule has 0 spiro atoms. The van der Waals surface area contributed by atoms with Crippen LogP contribution in [-0.4, -0.2) is 0 Å². The van der Waals surface area contributed by atoms with Gasteiger partial charge in [-0.2, -0.15) is 0 Å². The number of fused-ring (bicyclic) bond motifs is 1. The van der Waals surface area contributed by atoms with Gasteiger partial charge in [-0.3, -0.25) is 0 Å². The Morgan fingerprint density at radius 2 is 0.771 bits per heavy atom. The highest BCUT2D eigenvalue weighted by Crippen LogP contribution is 2.42. The van der Waals surface area contributed by atoms with Gasteiger partial charge in [-0.15, -0.1) is 0 Å². The van der Waals surface area contributed by atoms with Gasteiger partial charge in [0.1, 0.15) is 0 Å². The van der Waals surface area contributed by atoms with Crippen LogP contribution in [-0.2, 0) is 0 Å². The van der Waals surface area contributed by atoms with E-state index in [1.165, 1.54) is 55.3 Å². The van der Waals surface area contributed by atoms with Crippen molar-refractivity contribution in [2.75, 3.05) is 0 Å². The van der Waals surface area contributed by atoms with E-state index < -0.39 is 0 Å². The summed E-state index contributed by atoms with van der Waals surface area (Å²) in [7, 11) is 0. The maximum atomic E-state index is 4.44. The van der Waals surface area contributed by atoms with Crippen LogP contribution in [0.3, 0.4) is 0 Å². The molecule has 0 unspecified atom stereocenters. The minimum Gasteiger partial charge on any atom is -0.0984 e. The lowest BCUT2D eigenvalue weighted by molar-refractivity contribution is 1.42. The highest BCUT2D eigenvalue weighted by Gasteiger charge is 2.18. The molecule has 48 heavy (non-hydrogen) atoms. The number of rotatable bonds is 6. The van der Waals surface area contributed by atoms with E-state index in [1.807, 2.05) is 12.2 Å². The van der Waals surface area contributed by atoms with Crippen molar-refractivity contribution in [2.24, 2.45) is 0 Å². The third kappa shape index (κ3) is 6.66. The Bertz CT molecular complexity index is 2160. The monoisotopic (exact) mass is 622 g/mol. The molecule has 0 heterocycles. The number of hydrogen-bond acceptors (Lipinski definition) is 0. The fourth-order valence-corrected chi connectivity index (χ4v) is 6.60.